The molecule has 7 nitrogen and oxygen atoms in total. The highest BCUT2D eigenvalue weighted by Gasteiger charge is 2.42. The van der Waals surface area contributed by atoms with Gasteiger partial charge in [-0.1, -0.05) is 11.3 Å². The van der Waals surface area contributed by atoms with Gasteiger partial charge in [-0.3, -0.25) is 14.8 Å². The van der Waals surface area contributed by atoms with Crippen molar-refractivity contribution < 1.29 is 18.0 Å². The fourth-order valence-electron chi connectivity index (χ4n) is 2.68. The Bertz CT molecular complexity index is 693. The number of amides is 1. The zero-order chi connectivity index (χ0) is 17.2. The van der Waals surface area contributed by atoms with Gasteiger partial charge in [0.15, 0.2) is 0 Å². The maximum absolute atomic E-state index is 12.8. The van der Waals surface area contributed by atoms with Crippen LogP contribution in [0.25, 0.3) is 0 Å². The van der Waals surface area contributed by atoms with E-state index in [1.807, 2.05) is 0 Å². The monoisotopic (exact) mass is 360 g/mol. The van der Waals surface area contributed by atoms with Gasteiger partial charge in [-0.25, -0.2) is 0 Å². The molecule has 3 rings (SSSR count). The van der Waals surface area contributed by atoms with Crippen LogP contribution in [0.5, 0.6) is 0 Å². The lowest BCUT2D eigenvalue weighted by molar-refractivity contribution is -0.127. The second-order valence-electron chi connectivity index (χ2n) is 5.48. The number of carbonyl (C=O) groups is 1. The van der Waals surface area contributed by atoms with Crippen molar-refractivity contribution in [1.82, 2.24) is 25.3 Å². The van der Waals surface area contributed by atoms with Crippen molar-refractivity contribution >= 4 is 22.4 Å². The molecule has 1 fully saturated rings. The lowest BCUT2D eigenvalue weighted by atomic mass is 9.87. The molecular weight excluding hydrogens is 345 g/mol. The third-order valence-electron chi connectivity index (χ3n) is 3.84. The average Bonchev–Trinajstić information content (AvgIpc) is 3.18. The Morgan fingerprint density at radius 1 is 1.38 bits per heavy atom. The molecule has 0 aromatic carbocycles. The molecule has 2 N–H and O–H groups in total. The van der Waals surface area contributed by atoms with Gasteiger partial charge in [-0.2, -0.15) is 18.3 Å². The number of anilines is 1. The Labute approximate surface area is 139 Å². The first-order valence-electron chi connectivity index (χ1n) is 7.30. The molecule has 1 saturated heterocycles. The third kappa shape index (κ3) is 3.56. The van der Waals surface area contributed by atoms with Gasteiger partial charge in [0, 0.05) is 12.4 Å². The molecule has 0 saturated carbocycles. The second-order valence-corrected chi connectivity index (χ2v) is 6.54. The molecule has 0 radical (unpaired) electrons. The number of halogens is 3. The van der Waals surface area contributed by atoms with E-state index >= 15 is 0 Å². The number of piperidine rings is 1. The van der Waals surface area contributed by atoms with Gasteiger partial charge in [0.2, 0.25) is 5.13 Å². The highest BCUT2D eigenvalue weighted by atomic mass is 32.1. The van der Waals surface area contributed by atoms with E-state index in [4.69, 9.17) is 0 Å². The zero-order valence-electron chi connectivity index (χ0n) is 12.5. The molecule has 1 aliphatic heterocycles. The Kier molecular flexibility index (Phi) is 4.54. The van der Waals surface area contributed by atoms with Crippen LogP contribution in [0.2, 0.25) is 0 Å². The quantitative estimate of drug-likeness (QED) is 0.864. The Hall–Kier alpha value is -2.01. The molecule has 0 aliphatic carbocycles. The number of hydrogen-bond acceptors (Lipinski definition) is 6. The number of rotatable bonds is 4. The number of aromatic nitrogens is 4. The summed E-state index contributed by atoms with van der Waals surface area (Å²) in [5, 5.41) is 16.9. The van der Waals surface area contributed by atoms with E-state index in [9.17, 15) is 18.0 Å². The molecule has 1 aliphatic rings. The molecule has 0 unspecified atom stereocenters. The van der Waals surface area contributed by atoms with Crippen LogP contribution in [0, 0.1) is 0 Å². The first kappa shape index (κ1) is 16.8. The normalized spacial score (nSPS) is 17.6. The first-order valence-corrected chi connectivity index (χ1v) is 8.12. The minimum atomic E-state index is -4.36. The summed E-state index contributed by atoms with van der Waals surface area (Å²) in [6.07, 6.45) is -1.17. The average molecular weight is 360 g/mol. The van der Waals surface area contributed by atoms with E-state index in [1.165, 1.54) is 0 Å². The SMILES string of the molecule is O=C(Nc1nnc(CC(F)(F)F)s1)C1(n2cccn2)CCNCC1. The number of nitrogens with one attached hydrogen (secondary N) is 2. The molecule has 3 heterocycles. The predicted octanol–water partition coefficient (Wildman–Crippen LogP) is 1.56. The molecular formula is C13H15F3N6OS. The summed E-state index contributed by atoms with van der Waals surface area (Å²) in [7, 11) is 0. The van der Waals surface area contributed by atoms with Crippen molar-refractivity contribution in [3.05, 3.63) is 23.5 Å². The molecule has 2 aromatic heterocycles. The van der Waals surface area contributed by atoms with Crippen molar-refractivity contribution in [2.75, 3.05) is 18.4 Å². The largest absolute Gasteiger partial charge is 0.395 e. The number of hydrogen-bond donors (Lipinski definition) is 2. The van der Waals surface area contributed by atoms with Gasteiger partial charge in [0.05, 0.1) is 6.42 Å². The molecule has 0 atom stereocenters. The Morgan fingerprint density at radius 2 is 2.12 bits per heavy atom. The van der Waals surface area contributed by atoms with Crippen LogP contribution in [0.1, 0.15) is 17.8 Å². The lowest BCUT2D eigenvalue weighted by Gasteiger charge is -2.36. The van der Waals surface area contributed by atoms with E-state index in [-0.39, 0.29) is 16.0 Å². The van der Waals surface area contributed by atoms with E-state index in [1.54, 1.807) is 23.1 Å². The van der Waals surface area contributed by atoms with Crippen LogP contribution < -0.4 is 10.6 Å². The van der Waals surface area contributed by atoms with E-state index in [0.29, 0.717) is 25.9 Å². The van der Waals surface area contributed by atoms with Crippen LogP contribution in [-0.4, -0.2) is 45.2 Å². The number of alkyl halides is 3. The van der Waals surface area contributed by atoms with E-state index in [2.05, 4.69) is 25.9 Å². The smallest absolute Gasteiger partial charge is 0.317 e. The van der Waals surface area contributed by atoms with Gasteiger partial charge in [-0.15, -0.1) is 10.2 Å². The number of nitrogens with zero attached hydrogens (tertiary/aromatic N) is 4. The third-order valence-corrected chi connectivity index (χ3v) is 4.67. The summed E-state index contributed by atoms with van der Waals surface area (Å²) in [6, 6.07) is 1.73. The Balaban J connectivity index is 1.77. The predicted molar refractivity (Wildman–Crippen MR) is 80.6 cm³/mol. The van der Waals surface area contributed by atoms with Crippen molar-refractivity contribution in [1.29, 1.82) is 0 Å². The van der Waals surface area contributed by atoms with Crippen LogP contribution in [-0.2, 0) is 16.8 Å². The molecule has 24 heavy (non-hydrogen) atoms. The molecule has 11 heteroatoms. The van der Waals surface area contributed by atoms with Gasteiger partial charge < -0.3 is 5.32 Å². The van der Waals surface area contributed by atoms with Gasteiger partial charge in [-0.05, 0) is 32.0 Å². The maximum Gasteiger partial charge on any atom is 0.395 e. The minimum Gasteiger partial charge on any atom is -0.317 e. The molecule has 0 spiro atoms. The molecule has 0 bridgehead atoms. The van der Waals surface area contributed by atoms with Gasteiger partial charge in [0.25, 0.3) is 5.91 Å². The second kappa shape index (κ2) is 6.48. The standard InChI is InChI=1S/C13H15F3N6OS/c14-13(15,16)8-9-20-21-11(24-9)19-10(23)12(2-5-17-6-3-12)22-7-1-4-18-22/h1,4,7,17H,2-3,5-6,8H2,(H,19,21,23). The topological polar surface area (TPSA) is 84.7 Å². The summed E-state index contributed by atoms with van der Waals surface area (Å²) in [6.45, 7) is 1.28. The van der Waals surface area contributed by atoms with Crippen LogP contribution >= 0.6 is 11.3 Å². The highest BCUT2D eigenvalue weighted by molar-refractivity contribution is 7.15. The van der Waals surface area contributed by atoms with Crippen molar-refractivity contribution in [3.8, 4) is 0 Å². The number of carbonyl (C=O) groups excluding carboxylic acids is 1. The van der Waals surface area contributed by atoms with Crippen LogP contribution in [0.3, 0.4) is 0 Å². The molecule has 130 valence electrons. The van der Waals surface area contributed by atoms with Gasteiger partial charge in [0.1, 0.15) is 10.5 Å². The Morgan fingerprint density at radius 3 is 2.75 bits per heavy atom. The molecule has 1 amide bonds. The van der Waals surface area contributed by atoms with Crippen LogP contribution in [0.4, 0.5) is 18.3 Å². The van der Waals surface area contributed by atoms with Crippen molar-refractivity contribution in [2.24, 2.45) is 0 Å². The van der Waals surface area contributed by atoms with E-state index in [0.717, 1.165) is 11.3 Å². The summed E-state index contributed by atoms with van der Waals surface area (Å²) in [5.41, 5.74) is -0.884. The summed E-state index contributed by atoms with van der Waals surface area (Å²) in [4.78, 5) is 12.8. The maximum atomic E-state index is 12.8. The van der Waals surface area contributed by atoms with Crippen molar-refractivity contribution in [2.45, 2.75) is 31.0 Å². The van der Waals surface area contributed by atoms with E-state index < -0.39 is 18.1 Å². The zero-order valence-corrected chi connectivity index (χ0v) is 13.3. The fraction of sp³-hybridized carbons (Fsp3) is 0.538. The highest BCUT2D eigenvalue weighted by Crippen LogP contribution is 2.30. The summed E-state index contributed by atoms with van der Waals surface area (Å²) in [5.74, 6) is -0.345. The van der Waals surface area contributed by atoms with Crippen LogP contribution in [0.15, 0.2) is 18.5 Å². The molecule has 2 aromatic rings. The summed E-state index contributed by atoms with van der Waals surface area (Å²) >= 11 is 0.729. The lowest BCUT2D eigenvalue weighted by Crippen LogP contribution is -2.52. The fourth-order valence-corrected chi connectivity index (χ4v) is 3.45. The summed E-state index contributed by atoms with van der Waals surface area (Å²) < 4.78 is 38.7. The van der Waals surface area contributed by atoms with Gasteiger partial charge >= 0.3 is 6.18 Å². The minimum absolute atomic E-state index is 0.0595. The first-order chi connectivity index (χ1) is 11.4. The van der Waals surface area contributed by atoms with Crippen molar-refractivity contribution in [3.63, 3.8) is 0 Å².